The van der Waals surface area contributed by atoms with Gasteiger partial charge in [-0.05, 0) is 31.5 Å². The summed E-state index contributed by atoms with van der Waals surface area (Å²) in [7, 11) is 0. The fourth-order valence-corrected chi connectivity index (χ4v) is 3.63. The smallest absolute Gasteiger partial charge is 0.357 e. The maximum atomic E-state index is 12.9. The lowest BCUT2D eigenvalue weighted by Gasteiger charge is -2.22. The molecular weight excluding hydrogens is 416 g/mol. The molecule has 26 heavy (non-hydrogen) atoms. The number of carbonyl (C=O) groups is 2. The average Bonchev–Trinajstić information content (AvgIpc) is 3.09. The Morgan fingerprint density at radius 2 is 2.08 bits per heavy atom. The van der Waals surface area contributed by atoms with Crippen molar-refractivity contribution in [3.63, 3.8) is 0 Å². The highest BCUT2D eigenvalue weighted by molar-refractivity contribution is 9.10. The average molecular weight is 439 g/mol. The lowest BCUT2D eigenvalue weighted by molar-refractivity contribution is 0.0520. The van der Waals surface area contributed by atoms with E-state index in [-0.39, 0.29) is 5.91 Å². The Labute approximate surface area is 166 Å². The highest BCUT2D eigenvalue weighted by Crippen LogP contribution is 2.18. The van der Waals surface area contributed by atoms with E-state index in [2.05, 4.69) is 27.8 Å². The summed E-state index contributed by atoms with van der Waals surface area (Å²) in [6.07, 6.45) is 3.09. The summed E-state index contributed by atoms with van der Waals surface area (Å²) in [6.45, 7) is 5.26. The van der Waals surface area contributed by atoms with Gasteiger partial charge in [0.2, 0.25) is 0 Å². The first-order valence-corrected chi connectivity index (χ1v) is 10.4. The molecule has 0 aliphatic carbocycles. The third-order valence-electron chi connectivity index (χ3n) is 3.75. The number of aromatic nitrogens is 1. The summed E-state index contributed by atoms with van der Waals surface area (Å²) in [5, 5.41) is 2.41. The Morgan fingerprint density at radius 3 is 2.77 bits per heavy atom. The number of halogens is 1. The fraction of sp³-hybridized carbons (Fsp3) is 0.421. The van der Waals surface area contributed by atoms with Gasteiger partial charge in [-0.2, -0.15) is 0 Å². The van der Waals surface area contributed by atoms with E-state index >= 15 is 0 Å². The van der Waals surface area contributed by atoms with Crippen LogP contribution in [-0.2, 0) is 11.3 Å². The monoisotopic (exact) mass is 438 g/mol. The van der Waals surface area contributed by atoms with Crippen LogP contribution in [0.25, 0.3) is 0 Å². The van der Waals surface area contributed by atoms with Crippen molar-refractivity contribution in [3.8, 4) is 0 Å². The minimum absolute atomic E-state index is 0.0321. The van der Waals surface area contributed by atoms with Gasteiger partial charge < -0.3 is 9.64 Å². The molecule has 0 spiro atoms. The summed E-state index contributed by atoms with van der Waals surface area (Å²) in [4.78, 5) is 30.8. The van der Waals surface area contributed by atoms with Gasteiger partial charge in [0.25, 0.3) is 5.91 Å². The Hall–Kier alpha value is -1.73. The molecule has 1 amide bonds. The molecule has 2 rings (SSSR count). The highest BCUT2D eigenvalue weighted by Gasteiger charge is 2.19. The zero-order valence-electron chi connectivity index (χ0n) is 15.0. The number of hydrogen-bond donors (Lipinski definition) is 0. The first-order chi connectivity index (χ1) is 12.5. The van der Waals surface area contributed by atoms with Gasteiger partial charge in [0.1, 0.15) is 5.01 Å². The number of carbonyl (C=O) groups excluding carboxylic acids is 2. The second kappa shape index (κ2) is 10.4. The molecule has 1 aromatic carbocycles. The second-order valence-corrected chi connectivity index (χ2v) is 7.65. The molecule has 1 heterocycles. The van der Waals surface area contributed by atoms with Crippen LogP contribution < -0.4 is 0 Å². The molecule has 5 nitrogen and oxygen atoms in total. The van der Waals surface area contributed by atoms with Gasteiger partial charge in [0.05, 0.1) is 13.2 Å². The van der Waals surface area contributed by atoms with Gasteiger partial charge in [0.15, 0.2) is 5.69 Å². The first-order valence-electron chi connectivity index (χ1n) is 8.71. The van der Waals surface area contributed by atoms with E-state index in [1.165, 1.54) is 11.3 Å². The minimum atomic E-state index is -0.425. The number of benzene rings is 1. The number of rotatable bonds is 9. The number of hydrogen-bond acceptors (Lipinski definition) is 5. The van der Waals surface area contributed by atoms with Crippen LogP contribution in [0.3, 0.4) is 0 Å². The number of amides is 1. The summed E-state index contributed by atoms with van der Waals surface area (Å²) >= 11 is 4.78. The van der Waals surface area contributed by atoms with E-state index in [0.717, 1.165) is 28.7 Å². The summed E-state index contributed by atoms with van der Waals surface area (Å²) in [5.41, 5.74) is 0.938. The summed E-state index contributed by atoms with van der Waals surface area (Å²) in [6, 6.07) is 7.38. The molecule has 0 saturated heterocycles. The van der Waals surface area contributed by atoms with E-state index in [1.807, 2.05) is 24.3 Å². The number of esters is 1. The second-order valence-electron chi connectivity index (χ2n) is 5.79. The van der Waals surface area contributed by atoms with Crippen molar-refractivity contribution in [2.45, 2.75) is 39.7 Å². The maximum Gasteiger partial charge on any atom is 0.357 e. The van der Waals surface area contributed by atoms with Gasteiger partial charge in [-0.25, -0.2) is 9.78 Å². The van der Waals surface area contributed by atoms with Crippen molar-refractivity contribution in [2.75, 3.05) is 13.2 Å². The lowest BCUT2D eigenvalue weighted by atomic mass is 10.2. The van der Waals surface area contributed by atoms with Crippen molar-refractivity contribution in [1.29, 1.82) is 0 Å². The summed E-state index contributed by atoms with van der Waals surface area (Å²) in [5.74, 6) is -0.457. The molecule has 1 aromatic heterocycles. The van der Waals surface area contributed by atoms with Crippen LogP contribution in [0.4, 0.5) is 0 Å². The molecule has 0 atom stereocenters. The third-order valence-corrected chi connectivity index (χ3v) is 5.08. The standard InChI is InChI=1S/C19H23BrN2O3S/c1-3-5-6-10-22(18(23)14-8-7-9-15(20)11-14)12-17-21-16(13-26-17)19(24)25-4-2/h7-9,11,13H,3-6,10,12H2,1-2H3. The van der Waals surface area contributed by atoms with Crippen molar-refractivity contribution in [3.05, 3.63) is 50.4 Å². The van der Waals surface area contributed by atoms with Crippen LogP contribution in [0.1, 0.15) is 59.0 Å². The highest BCUT2D eigenvalue weighted by atomic mass is 79.9. The van der Waals surface area contributed by atoms with Crippen LogP contribution in [-0.4, -0.2) is 34.9 Å². The van der Waals surface area contributed by atoms with Crippen molar-refractivity contribution < 1.29 is 14.3 Å². The normalized spacial score (nSPS) is 10.6. The van der Waals surface area contributed by atoms with Gasteiger partial charge in [-0.1, -0.05) is 41.8 Å². The molecule has 0 aliphatic rings. The van der Waals surface area contributed by atoms with Crippen LogP contribution in [0.15, 0.2) is 34.1 Å². The Kier molecular flexibility index (Phi) is 8.25. The van der Waals surface area contributed by atoms with E-state index in [9.17, 15) is 9.59 Å². The Morgan fingerprint density at radius 1 is 1.27 bits per heavy atom. The van der Waals surface area contributed by atoms with Gasteiger partial charge >= 0.3 is 5.97 Å². The van der Waals surface area contributed by atoms with E-state index in [0.29, 0.717) is 31.0 Å². The van der Waals surface area contributed by atoms with Gasteiger partial charge in [-0.15, -0.1) is 11.3 Å². The van der Waals surface area contributed by atoms with Gasteiger partial charge in [-0.3, -0.25) is 4.79 Å². The van der Waals surface area contributed by atoms with Crippen LogP contribution >= 0.6 is 27.3 Å². The molecule has 0 radical (unpaired) electrons. The molecule has 0 fully saturated rings. The molecular formula is C19H23BrN2O3S. The number of nitrogens with zero attached hydrogens (tertiary/aromatic N) is 2. The predicted molar refractivity (Wildman–Crippen MR) is 106 cm³/mol. The molecule has 7 heteroatoms. The quantitative estimate of drug-likeness (QED) is 0.411. The predicted octanol–water partition coefficient (Wildman–Crippen LogP) is 4.91. The number of ether oxygens (including phenoxy) is 1. The SMILES string of the molecule is CCCCCN(Cc1nc(C(=O)OCC)cs1)C(=O)c1cccc(Br)c1. The van der Waals surface area contributed by atoms with Gasteiger partial charge in [0, 0.05) is 22.0 Å². The largest absolute Gasteiger partial charge is 0.461 e. The molecule has 140 valence electrons. The minimum Gasteiger partial charge on any atom is -0.461 e. The van der Waals surface area contributed by atoms with Crippen LogP contribution in [0, 0.1) is 0 Å². The van der Waals surface area contributed by atoms with E-state index < -0.39 is 5.97 Å². The van der Waals surface area contributed by atoms with Crippen molar-refractivity contribution >= 4 is 39.1 Å². The molecule has 2 aromatic rings. The molecule has 0 unspecified atom stereocenters. The zero-order chi connectivity index (χ0) is 18.9. The number of thiazole rings is 1. The Balaban J connectivity index is 2.14. The van der Waals surface area contributed by atoms with Crippen LogP contribution in [0.2, 0.25) is 0 Å². The number of unbranched alkanes of at least 4 members (excludes halogenated alkanes) is 2. The lowest BCUT2D eigenvalue weighted by Crippen LogP contribution is -2.31. The molecule has 0 bridgehead atoms. The van der Waals surface area contributed by atoms with Crippen molar-refractivity contribution in [2.24, 2.45) is 0 Å². The zero-order valence-corrected chi connectivity index (χ0v) is 17.4. The first kappa shape index (κ1) is 20.6. The van der Waals surface area contributed by atoms with Crippen LogP contribution in [0.5, 0.6) is 0 Å². The van der Waals surface area contributed by atoms with Crippen molar-refractivity contribution in [1.82, 2.24) is 9.88 Å². The van der Waals surface area contributed by atoms with E-state index in [4.69, 9.17) is 4.74 Å². The summed E-state index contributed by atoms with van der Waals surface area (Å²) < 4.78 is 5.85. The molecule has 0 N–H and O–H groups in total. The third kappa shape index (κ3) is 5.92. The molecule has 0 aliphatic heterocycles. The fourth-order valence-electron chi connectivity index (χ4n) is 2.45. The Bertz CT molecular complexity index is 748. The van der Waals surface area contributed by atoms with E-state index in [1.54, 1.807) is 17.2 Å². The molecule has 0 saturated carbocycles. The maximum absolute atomic E-state index is 12.9. The topological polar surface area (TPSA) is 59.5 Å².